The van der Waals surface area contributed by atoms with Gasteiger partial charge in [0.2, 0.25) is 0 Å². The summed E-state index contributed by atoms with van der Waals surface area (Å²) in [5.74, 6) is 0.778. The van der Waals surface area contributed by atoms with E-state index in [9.17, 15) is 4.79 Å². The number of unbranched alkanes of at least 4 members (excludes halogenated alkanes) is 1. The van der Waals surface area contributed by atoms with Gasteiger partial charge in [-0.25, -0.2) is 0 Å². The van der Waals surface area contributed by atoms with Crippen LogP contribution in [0.1, 0.15) is 78.6 Å². The summed E-state index contributed by atoms with van der Waals surface area (Å²) >= 11 is 0. The molecular weight excluding hydrogens is 328 g/mol. The number of hydrogen-bond donors (Lipinski definition) is 0. The van der Waals surface area contributed by atoms with E-state index >= 15 is 0 Å². The molecule has 148 valence electrons. The van der Waals surface area contributed by atoms with Crippen LogP contribution in [0, 0.1) is 17.3 Å². The first-order valence-corrected chi connectivity index (χ1v) is 10.6. The Kier molecular flexibility index (Phi) is 6.79. The molecule has 0 aromatic heterocycles. The number of carbonyl (C=O) groups excluding carboxylic acids is 1. The molecule has 3 aliphatic rings. The van der Waals surface area contributed by atoms with Gasteiger partial charge >= 0.3 is 5.97 Å². The Balaban J connectivity index is 1.66. The van der Waals surface area contributed by atoms with Crippen LogP contribution in [0.5, 0.6) is 0 Å². The highest BCUT2D eigenvalue weighted by atomic mass is 16.7. The largest absolute Gasteiger partial charge is 0.462 e. The minimum atomic E-state index is -0.0768. The second-order valence-corrected chi connectivity index (χ2v) is 8.97. The average Bonchev–Trinajstić information content (AvgIpc) is 3.17. The van der Waals surface area contributed by atoms with E-state index in [1.54, 1.807) is 0 Å². The first-order chi connectivity index (χ1) is 12.5. The number of rotatable bonds is 8. The SMILES string of the molecule is CCCCC(C)(C)C(/C=C/C1CCC2OC(=O)CC12)OC1CCCCO1. The lowest BCUT2D eigenvalue weighted by Crippen LogP contribution is -2.36. The minimum absolute atomic E-state index is 0.0234. The van der Waals surface area contributed by atoms with Crippen LogP contribution in [0.2, 0.25) is 0 Å². The highest BCUT2D eigenvalue weighted by Crippen LogP contribution is 2.42. The van der Waals surface area contributed by atoms with Crippen molar-refractivity contribution in [2.75, 3.05) is 6.61 Å². The molecule has 2 heterocycles. The molecule has 3 fully saturated rings. The van der Waals surface area contributed by atoms with Crippen molar-refractivity contribution >= 4 is 5.97 Å². The first-order valence-electron chi connectivity index (χ1n) is 10.6. The molecular formula is C22H36O4. The Bertz CT molecular complexity index is 492. The number of fused-ring (bicyclic) bond motifs is 1. The topological polar surface area (TPSA) is 44.8 Å². The Morgan fingerprint density at radius 2 is 2.12 bits per heavy atom. The molecule has 26 heavy (non-hydrogen) atoms. The second kappa shape index (κ2) is 8.88. The average molecular weight is 365 g/mol. The van der Waals surface area contributed by atoms with Crippen LogP contribution < -0.4 is 0 Å². The second-order valence-electron chi connectivity index (χ2n) is 8.97. The number of hydrogen-bond acceptors (Lipinski definition) is 4. The van der Waals surface area contributed by atoms with E-state index in [1.165, 1.54) is 19.3 Å². The quantitative estimate of drug-likeness (QED) is 0.448. The third-order valence-electron chi connectivity index (χ3n) is 6.41. The van der Waals surface area contributed by atoms with E-state index in [4.69, 9.17) is 14.2 Å². The maximum Gasteiger partial charge on any atom is 0.306 e. The molecule has 0 bridgehead atoms. The lowest BCUT2D eigenvalue weighted by Gasteiger charge is -2.36. The van der Waals surface area contributed by atoms with E-state index in [2.05, 4.69) is 32.9 Å². The third-order valence-corrected chi connectivity index (χ3v) is 6.41. The van der Waals surface area contributed by atoms with Crippen LogP contribution in [0.4, 0.5) is 0 Å². The molecule has 4 nitrogen and oxygen atoms in total. The van der Waals surface area contributed by atoms with Gasteiger partial charge in [0, 0.05) is 12.5 Å². The summed E-state index contributed by atoms with van der Waals surface area (Å²) < 4.78 is 17.7. The Labute approximate surface area is 158 Å². The van der Waals surface area contributed by atoms with Gasteiger partial charge in [-0.15, -0.1) is 0 Å². The van der Waals surface area contributed by atoms with Crippen molar-refractivity contribution < 1.29 is 19.0 Å². The van der Waals surface area contributed by atoms with Crippen LogP contribution in [0.15, 0.2) is 12.2 Å². The number of allylic oxidation sites excluding steroid dienone is 1. The van der Waals surface area contributed by atoms with Gasteiger partial charge in [0.1, 0.15) is 6.10 Å². The maximum atomic E-state index is 11.6. The van der Waals surface area contributed by atoms with Crippen molar-refractivity contribution in [1.82, 2.24) is 0 Å². The molecule has 0 radical (unpaired) electrons. The zero-order valence-corrected chi connectivity index (χ0v) is 16.7. The summed E-state index contributed by atoms with van der Waals surface area (Å²) in [6.45, 7) is 7.66. The molecule has 2 aliphatic heterocycles. The lowest BCUT2D eigenvalue weighted by atomic mass is 9.80. The van der Waals surface area contributed by atoms with E-state index in [0.717, 1.165) is 38.7 Å². The standard InChI is InChI=1S/C22H36O4/c1-4-5-13-22(2,3)19(26-21-8-6-7-14-24-21)12-10-16-9-11-18-17(16)15-20(23)25-18/h10,12,16-19,21H,4-9,11,13-15H2,1-3H3/b12-10+. The molecule has 5 unspecified atom stereocenters. The fraction of sp³-hybridized carbons (Fsp3) is 0.864. The van der Waals surface area contributed by atoms with Gasteiger partial charge in [0.25, 0.3) is 0 Å². The number of ether oxygens (including phenoxy) is 3. The molecule has 5 atom stereocenters. The molecule has 0 N–H and O–H groups in total. The predicted molar refractivity (Wildman–Crippen MR) is 102 cm³/mol. The molecule has 3 rings (SSSR count). The monoisotopic (exact) mass is 364 g/mol. The third kappa shape index (κ3) is 4.89. The fourth-order valence-electron chi connectivity index (χ4n) is 4.63. The van der Waals surface area contributed by atoms with Gasteiger partial charge in [0.05, 0.1) is 12.5 Å². The van der Waals surface area contributed by atoms with E-state index < -0.39 is 0 Å². The van der Waals surface area contributed by atoms with Gasteiger partial charge in [-0.05, 0) is 49.9 Å². The van der Waals surface area contributed by atoms with Crippen molar-refractivity contribution in [3.63, 3.8) is 0 Å². The Hall–Kier alpha value is -0.870. The summed E-state index contributed by atoms with van der Waals surface area (Å²) in [5, 5.41) is 0. The van der Waals surface area contributed by atoms with E-state index in [-0.39, 0.29) is 29.9 Å². The van der Waals surface area contributed by atoms with Crippen LogP contribution in [-0.2, 0) is 19.0 Å². The minimum Gasteiger partial charge on any atom is -0.462 e. The Morgan fingerprint density at radius 1 is 1.27 bits per heavy atom. The van der Waals surface area contributed by atoms with E-state index in [1.807, 2.05) is 0 Å². The van der Waals surface area contributed by atoms with Crippen molar-refractivity contribution in [1.29, 1.82) is 0 Å². The lowest BCUT2D eigenvalue weighted by molar-refractivity contribution is -0.197. The zero-order chi connectivity index (χ0) is 18.6. The summed E-state index contributed by atoms with van der Waals surface area (Å²) in [4.78, 5) is 11.6. The highest BCUT2D eigenvalue weighted by Gasteiger charge is 2.44. The van der Waals surface area contributed by atoms with E-state index in [0.29, 0.717) is 18.3 Å². The van der Waals surface area contributed by atoms with Crippen molar-refractivity contribution in [2.24, 2.45) is 17.3 Å². The van der Waals surface area contributed by atoms with Crippen LogP contribution in [0.3, 0.4) is 0 Å². The molecule has 0 aromatic carbocycles. The number of esters is 1. The molecule has 4 heteroatoms. The highest BCUT2D eigenvalue weighted by molar-refractivity contribution is 5.72. The molecule has 0 amide bonds. The van der Waals surface area contributed by atoms with Gasteiger partial charge < -0.3 is 14.2 Å². The first kappa shape index (κ1) is 19.9. The fourth-order valence-corrected chi connectivity index (χ4v) is 4.63. The van der Waals surface area contributed by atoms with Gasteiger partial charge in [-0.2, -0.15) is 0 Å². The van der Waals surface area contributed by atoms with Gasteiger partial charge in [-0.1, -0.05) is 45.8 Å². The summed E-state index contributed by atoms with van der Waals surface area (Å²) in [5.41, 5.74) is 0.0767. The Morgan fingerprint density at radius 3 is 2.85 bits per heavy atom. The smallest absolute Gasteiger partial charge is 0.306 e. The van der Waals surface area contributed by atoms with Gasteiger partial charge in [-0.3, -0.25) is 4.79 Å². The number of carbonyl (C=O) groups is 1. The van der Waals surface area contributed by atoms with Crippen molar-refractivity contribution in [2.45, 2.75) is 97.1 Å². The summed E-state index contributed by atoms with van der Waals surface area (Å²) in [6.07, 6.45) is 14.3. The van der Waals surface area contributed by atoms with Crippen LogP contribution in [0.25, 0.3) is 0 Å². The molecule has 1 aliphatic carbocycles. The molecule has 0 aromatic rings. The molecule has 2 saturated heterocycles. The predicted octanol–water partition coefficient (Wildman–Crippen LogP) is 5.01. The molecule has 0 spiro atoms. The van der Waals surface area contributed by atoms with Crippen LogP contribution in [-0.4, -0.2) is 31.1 Å². The van der Waals surface area contributed by atoms with Crippen molar-refractivity contribution in [3.05, 3.63) is 12.2 Å². The van der Waals surface area contributed by atoms with Gasteiger partial charge in [0.15, 0.2) is 6.29 Å². The summed E-state index contributed by atoms with van der Waals surface area (Å²) in [6, 6.07) is 0. The van der Waals surface area contributed by atoms with Crippen LogP contribution >= 0.6 is 0 Å². The normalized spacial score (nSPS) is 33.4. The maximum absolute atomic E-state index is 11.6. The molecule has 1 saturated carbocycles. The zero-order valence-electron chi connectivity index (χ0n) is 16.7. The van der Waals surface area contributed by atoms with Crippen molar-refractivity contribution in [3.8, 4) is 0 Å². The summed E-state index contributed by atoms with van der Waals surface area (Å²) in [7, 11) is 0.